The van der Waals surface area contributed by atoms with Crippen LogP contribution in [0.25, 0.3) is 5.76 Å². The summed E-state index contributed by atoms with van der Waals surface area (Å²) in [6.45, 7) is 0. The maximum atomic E-state index is 6.26. The fraction of sp³-hybridized carbons (Fsp3) is 0.579. The van der Waals surface area contributed by atoms with E-state index in [0.29, 0.717) is 5.02 Å². The largest absolute Gasteiger partial charge is 0.497 e. The van der Waals surface area contributed by atoms with Crippen molar-refractivity contribution in [2.45, 2.75) is 32.1 Å². The molecular formula is C19H23ClO2. The molecule has 3 heteroatoms. The lowest BCUT2D eigenvalue weighted by Gasteiger charge is -2.51. The van der Waals surface area contributed by atoms with E-state index in [1.807, 2.05) is 18.2 Å². The highest BCUT2D eigenvalue weighted by molar-refractivity contribution is 6.30. The van der Waals surface area contributed by atoms with Crippen LogP contribution in [-0.4, -0.2) is 14.2 Å². The fourth-order valence-corrected chi connectivity index (χ4v) is 5.50. The van der Waals surface area contributed by atoms with Crippen LogP contribution in [0.1, 0.15) is 37.7 Å². The summed E-state index contributed by atoms with van der Waals surface area (Å²) in [4.78, 5) is 0. The van der Waals surface area contributed by atoms with Gasteiger partial charge in [0.2, 0.25) is 0 Å². The van der Waals surface area contributed by atoms with Crippen molar-refractivity contribution in [2.24, 2.45) is 23.7 Å². The Morgan fingerprint density at radius 2 is 1.59 bits per heavy atom. The molecule has 0 unspecified atom stereocenters. The van der Waals surface area contributed by atoms with E-state index in [-0.39, 0.29) is 0 Å². The van der Waals surface area contributed by atoms with E-state index in [9.17, 15) is 0 Å². The van der Waals surface area contributed by atoms with Gasteiger partial charge in [-0.3, -0.25) is 0 Å². The molecule has 0 heterocycles. The molecule has 0 N–H and O–H groups in total. The van der Waals surface area contributed by atoms with Crippen molar-refractivity contribution in [1.82, 2.24) is 0 Å². The highest BCUT2D eigenvalue weighted by atomic mass is 35.5. The fourth-order valence-electron chi connectivity index (χ4n) is 5.28. The van der Waals surface area contributed by atoms with E-state index in [4.69, 9.17) is 21.1 Å². The Morgan fingerprint density at radius 1 is 0.955 bits per heavy atom. The van der Waals surface area contributed by atoms with Crippen LogP contribution in [0.3, 0.4) is 0 Å². The zero-order chi connectivity index (χ0) is 15.3. The Kier molecular flexibility index (Phi) is 3.60. The molecule has 0 spiro atoms. The molecule has 4 fully saturated rings. The van der Waals surface area contributed by atoms with Crippen molar-refractivity contribution >= 4 is 17.4 Å². The zero-order valence-corrected chi connectivity index (χ0v) is 14.0. The average Bonchev–Trinajstić information content (AvgIpc) is 2.49. The topological polar surface area (TPSA) is 18.5 Å². The van der Waals surface area contributed by atoms with Crippen molar-refractivity contribution in [3.05, 3.63) is 34.4 Å². The summed E-state index contributed by atoms with van der Waals surface area (Å²) >= 11 is 6.26. The highest BCUT2D eigenvalue weighted by Crippen LogP contribution is 2.58. The molecule has 4 saturated carbocycles. The number of ether oxygens (including phenoxy) is 2. The summed E-state index contributed by atoms with van der Waals surface area (Å²) < 4.78 is 11.3. The molecule has 4 aliphatic carbocycles. The normalized spacial score (nSPS) is 32.2. The van der Waals surface area contributed by atoms with Crippen molar-refractivity contribution < 1.29 is 9.47 Å². The molecule has 0 radical (unpaired) electrons. The first-order valence-corrected chi connectivity index (χ1v) is 8.68. The first-order valence-electron chi connectivity index (χ1n) is 8.31. The van der Waals surface area contributed by atoms with Crippen molar-refractivity contribution in [1.29, 1.82) is 0 Å². The van der Waals surface area contributed by atoms with Crippen LogP contribution in [0, 0.1) is 23.7 Å². The van der Waals surface area contributed by atoms with Gasteiger partial charge in [0.25, 0.3) is 0 Å². The molecule has 0 aliphatic heterocycles. The Labute approximate surface area is 137 Å². The standard InChI is InChI=1S/C19H23ClO2/c1-21-17-9-15(8-16(20)10-17)19(22-2)18-13-4-11-3-12(6-13)7-14(18)5-11/h8-14H,3-7H2,1-2H3. The van der Waals surface area contributed by atoms with Gasteiger partial charge in [0.15, 0.2) is 0 Å². The Balaban J connectivity index is 1.79. The van der Waals surface area contributed by atoms with E-state index in [0.717, 1.165) is 40.7 Å². The second-order valence-electron chi connectivity index (χ2n) is 7.17. The van der Waals surface area contributed by atoms with Crippen LogP contribution in [-0.2, 0) is 4.74 Å². The quantitative estimate of drug-likeness (QED) is 0.716. The first kappa shape index (κ1) is 14.4. The monoisotopic (exact) mass is 318 g/mol. The van der Waals surface area contributed by atoms with E-state index in [1.165, 1.54) is 32.1 Å². The molecular weight excluding hydrogens is 296 g/mol. The highest BCUT2D eigenvalue weighted by Gasteiger charge is 2.46. The summed E-state index contributed by atoms with van der Waals surface area (Å²) in [5.41, 5.74) is 2.62. The van der Waals surface area contributed by atoms with Crippen LogP contribution in [0.15, 0.2) is 23.8 Å². The molecule has 0 atom stereocenters. The van der Waals surface area contributed by atoms with Crippen molar-refractivity contribution in [2.75, 3.05) is 14.2 Å². The average molecular weight is 319 g/mol. The number of methoxy groups -OCH3 is 2. The predicted octanol–water partition coefficient (Wildman–Crippen LogP) is 5.16. The second-order valence-corrected chi connectivity index (χ2v) is 7.61. The lowest BCUT2D eigenvalue weighted by atomic mass is 9.54. The number of rotatable bonds is 3. The van der Waals surface area contributed by atoms with Crippen LogP contribution in [0.2, 0.25) is 5.02 Å². The predicted molar refractivity (Wildman–Crippen MR) is 89.0 cm³/mol. The molecule has 0 aromatic heterocycles. The van der Waals surface area contributed by atoms with Crippen LogP contribution < -0.4 is 4.74 Å². The minimum Gasteiger partial charge on any atom is -0.497 e. The Hall–Kier alpha value is -1.15. The number of hydrogen-bond acceptors (Lipinski definition) is 2. The zero-order valence-electron chi connectivity index (χ0n) is 13.3. The molecule has 0 saturated heterocycles. The lowest BCUT2D eigenvalue weighted by Crippen LogP contribution is -2.40. The molecule has 5 rings (SSSR count). The molecule has 0 amide bonds. The van der Waals surface area contributed by atoms with Gasteiger partial charge in [-0.15, -0.1) is 0 Å². The van der Waals surface area contributed by atoms with Crippen LogP contribution in [0.4, 0.5) is 0 Å². The molecule has 22 heavy (non-hydrogen) atoms. The van der Waals surface area contributed by atoms with Crippen LogP contribution in [0.5, 0.6) is 5.75 Å². The number of benzene rings is 1. The third-order valence-electron chi connectivity index (χ3n) is 5.85. The summed E-state index contributed by atoms with van der Waals surface area (Å²) in [6, 6.07) is 5.89. The maximum Gasteiger partial charge on any atom is 0.126 e. The van der Waals surface area contributed by atoms with E-state index >= 15 is 0 Å². The van der Waals surface area contributed by atoms with E-state index in [1.54, 1.807) is 19.8 Å². The summed E-state index contributed by atoms with van der Waals surface area (Å²) in [7, 11) is 3.47. The molecule has 4 aliphatic rings. The van der Waals surface area contributed by atoms with Crippen molar-refractivity contribution in [3.63, 3.8) is 0 Å². The third kappa shape index (κ3) is 2.32. The Bertz CT molecular complexity index is 590. The minimum absolute atomic E-state index is 0.702. The Morgan fingerprint density at radius 3 is 2.14 bits per heavy atom. The SMILES string of the molecule is COC(=C1C2CC3CC(C2)CC1C3)c1cc(Cl)cc(OC)c1. The van der Waals surface area contributed by atoms with Gasteiger partial charge in [0.05, 0.1) is 14.2 Å². The van der Waals surface area contributed by atoms with Crippen LogP contribution >= 0.6 is 11.6 Å². The molecule has 118 valence electrons. The van der Waals surface area contributed by atoms with Gasteiger partial charge in [-0.1, -0.05) is 11.6 Å². The van der Waals surface area contributed by atoms with E-state index in [2.05, 4.69) is 0 Å². The summed E-state index contributed by atoms with van der Waals surface area (Å²) in [5.74, 6) is 5.19. The molecule has 4 bridgehead atoms. The smallest absolute Gasteiger partial charge is 0.126 e. The van der Waals surface area contributed by atoms with Gasteiger partial charge in [-0.2, -0.15) is 0 Å². The first-order chi connectivity index (χ1) is 10.7. The van der Waals surface area contributed by atoms with Gasteiger partial charge >= 0.3 is 0 Å². The van der Waals surface area contributed by atoms with Gasteiger partial charge in [-0.25, -0.2) is 0 Å². The minimum atomic E-state index is 0.702. The summed E-state index contributed by atoms with van der Waals surface area (Å²) in [5, 5.41) is 0.702. The molecule has 1 aromatic rings. The number of hydrogen-bond donors (Lipinski definition) is 0. The molecule has 1 aromatic carbocycles. The van der Waals surface area contributed by atoms with Gasteiger partial charge in [0, 0.05) is 10.6 Å². The third-order valence-corrected chi connectivity index (χ3v) is 6.07. The maximum absolute atomic E-state index is 6.26. The van der Waals surface area contributed by atoms with E-state index < -0.39 is 0 Å². The number of allylic oxidation sites excluding steroid dienone is 1. The number of halogens is 1. The second kappa shape index (κ2) is 5.49. The van der Waals surface area contributed by atoms with Crippen molar-refractivity contribution in [3.8, 4) is 5.75 Å². The lowest BCUT2D eigenvalue weighted by molar-refractivity contribution is 0.0675. The van der Waals surface area contributed by atoms with Gasteiger partial charge in [0.1, 0.15) is 11.5 Å². The molecule has 2 nitrogen and oxygen atoms in total. The summed E-state index contributed by atoms with van der Waals surface area (Å²) in [6.07, 6.45) is 6.88. The van der Waals surface area contributed by atoms with Gasteiger partial charge in [-0.05, 0) is 79.5 Å². The van der Waals surface area contributed by atoms with Gasteiger partial charge < -0.3 is 9.47 Å².